The van der Waals surface area contributed by atoms with Gasteiger partial charge in [0.25, 0.3) is 0 Å². The second-order valence-corrected chi connectivity index (χ2v) is 4.83. The van der Waals surface area contributed by atoms with Crippen molar-refractivity contribution in [3.8, 4) is 16.9 Å². The van der Waals surface area contributed by atoms with Gasteiger partial charge in [-0.1, -0.05) is 36.4 Å². The Morgan fingerprint density at radius 3 is 2.52 bits per heavy atom. The average molecular weight is 276 g/mol. The van der Waals surface area contributed by atoms with Crippen LogP contribution in [0.4, 0.5) is 0 Å². The molecule has 2 heterocycles. The highest BCUT2D eigenvalue weighted by Gasteiger charge is 2.08. The zero-order valence-corrected chi connectivity index (χ0v) is 11.9. The van der Waals surface area contributed by atoms with Crippen LogP contribution in [0.15, 0.2) is 67.3 Å². The third kappa shape index (κ3) is 3.08. The Balaban J connectivity index is 1.84. The summed E-state index contributed by atoms with van der Waals surface area (Å²) in [5, 5.41) is 0. The van der Waals surface area contributed by atoms with Gasteiger partial charge in [-0.3, -0.25) is 9.97 Å². The topological polar surface area (TPSA) is 35.0 Å². The Hall–Kier alpha value is -2.68. The molecule has 0 amide bonds. The van der Waals surface area contributed by atoms with Crippen LogP contribution in [0.3, 0.4) is 0 Å². The molecule has 0 unspecified atom stereocenters. The maximum Gasteiger partial charge on any atom is 0.141 e. The molecule has 0 N–H and O–H groups in total. The minimum atomic E-state index is 0.542. The number of benzene rings is 1. The lowest BCUT2D eigenvalue weighted by Gasteiger charge is -2.12. The van der Waals surface area contributed by atoms with E-state index in [0.717, 1.165) is 28.0 Å². The van der Waals surface area contributed by atoms with Gasteiger partial charge in [0.05, 0.1) is 6.20 Å². The number of rotatable bonds is 4. The minimum absolute atomic E-state index is 0.542. The summed E-state index contributed by atoms with van der Waals surface area (Å²) in [5.74, 6) is 0.806. The molecular weight excluding hydrogens is 260 g/mol. The van der Waals surface area contributed by atoms with Crippen LogP contribution in [0.1, 0.15) is 11.1 Å². The Labute approximate surface area is 124 Å². The molecule has 3 rings (SSSR count). The van der Waals surface area contributed by atoms with Crippen LogP contribution in [-0.4, -0.2) is 9.97 Å². The quantitative estimate of drug-likeness (QED) is 0.721. The van der Waals surface area contributed by atoms with Crippen molar-refractivity contribution in [2.75, 3.05) is 0 Å². The van der Waals surface area contributed by atoms with Gasteiger partial charge in [-0.25, -0.2) is 0 Å². The number of pyridine rings is 2. The predicted octanol–water partition coefficient (Wildman–Crippen LogP) is 4.03. The Kier molecular flexibility index (Phi) is 3.92. The second-order valence-electron chi connectivity index (χ2n) is 4.83. The van der Waals surface area contributed by atoms with E-state index < -0.39 is 0 Å². The zero-order chi connectivity index (χ0) is 14.5. The molecule has 0 spiro atoms. The van der Waals surface area contributed by atoms with E-state index in [0.29, 0.717) is 6.61 Å². The fourth-order valence-electron chi connectivity index (χ4n) is 2.20. The maximum absolute atomic E-state index is 5.90. The summed E-state index contributed by atoms with van der Waals surface area (Å²) in [6, 6.07) is 14.1. The Bertz CT molecular complexity index is 712. The van der Waals surface area contributed by atoms with E-state index in [-0.39, 0.29) is 0 Å². The molecule has 0 saturated heterocycles. The zero-order valence-electron chi connectivity index (χ0n) is 11.9. The number of aromatic nitrogens is 2. The van der Waals surface area contributed by atoms with Gasteiger partial charge in [-0.05, 0) is 18.6 Å². The van der Waals surface area contributed by atoms with Crippen LogP contribution in [0.2, 0.25) is 0 Å². The van der Waals surface area contributed by atoms with Gasteiger partial charge in [0.2, 0.25) is 0 Å². The molecule has 3 nitrogen and oxygen atoms in total. The van der Waals surface area contributed by atoms with Crippen molar-refractivity contribution in [3.63, 3.8) is 0 Å². The normalized spacial score (nSPS) is 10.3. The summed E-state index contributed by atoms with van der Waals surface area (Å²) in [6.45, 7) is 2.59. The van der Waals surface area contributed by atoms with Crippen LogP contribution in [-0.2, 0) is 6.61 Å². The predicted molar refractivity (Wildman–Crippen MR) is 83.0 cm³/mol. The molecule has 2 aromatic heterocycles. The molecule has 0 saturated carbocycles. The highest BCUT2D eigenvalue weighted by atomic mass is 16.5. The molecule has 0 aliphatic heterocycles. The summed E-state index contributed by atoms with van der Waals surface area (Å²) >= 11 is 0. The van der Waals surface area contributed by atoms with Crippen molar-refractivity contribution < 1.29 is 4.74 Å². The monoisotopic (exact) mass is 276 g/mol. The molecular formula is C18H16N2O. The van der Waals surface area contributed by atoms with Crippen molar-refractivity contribution >= 4 is 0 Å². The molecule has 3 aromatic rings. The van der Waals surface area contributed by atoms with E-state index in [1.807, 2.05) is 61.8 Å². The summed E-state index contributed by atoms with van der Waals surface area (Å²) in [6.07, 6.45) is 7.22. The van der Waals surface area contributed by atoms with Gasteiger partial charge < -0.3 is 4.74 Å². The summed E-state index contributed by atoms with van der Waals surface area (Å²) in [7, 11) is 0. The van der Waals surface area contributed by atoms with Crippen LogP contribution in [0.5, 0.6) is 5.75 Å². The second kappa shape index (κ2) is 6.18. The lowest BCUT2D eigenvalue weighted by atomic mass is 10.0. The third-order valence-corrected chi connectivity index (χ3v) is 3.38. The summed E-state index contributed by atoms with van der Waals surface area (Å²) in [4.78, 5) is 8.44. The van der Waals surface area contributed by atoms with E-state index in [9.17, 15) is 0 Å². The fourth-order valence-corrected chi connectivity index (χ4v) is 2.20. The van der Waals surface area contributed by atoms with Crippen LogP contribution >= 0.6 is 0 Å². The third-order valence-electron chi connectivity index (χ3n) is 3.38. The highest BCUT2D eigenvalue weighted by molar-refractivity contribution is 5.67. The molecule has 0 fully saturated rings. The largest absolute Gasteiger partial charge is 0.487 e. The van der Waals surface area contributed by atoms with Crippen molar-refractivity contribution in [3.05, 3.63) is 78.4 Å². The highest BCUT2D eigenvalue weighted by Crippen LogP contribution is 2.28. The van der Waals surface area contributed by atoms with E-state index in [2.05, 4.69) is 9.97 Å². The minimum Gasteiger partial charge on any atom is -0.487 e. The van der Waals surface area contributed by atoms with E-state index in [1.165, 1.54) is 0 Å². The molecule has 0 radical (unpaired) electrons. The van der Waals surface area contributed by atoms with Gasteiger partial charge in [0, 0.05) is 35.3 Å². The van der Waals surface area contributed by atoms with Gasteiger partial charge in [-0.15, -0.1) is 0 Å². The SMILES string of the molecule is Cc1c(OCc2ccccc2)cncc1-c1cccnc1. The van der Waals surface area contributed by atoms with Gasteiger partial charge >= 0.3 is 0 Å². The Morgan fingerprint density at radius 2 is 1.76 bits per heavy atom. The summed E-state index contributed by atoms with van der Waals surface area (Å²) < 4.78 is 5.90. The molecule has 1 aromatic carbocycles. The van der Waals surface area contributed by atoms with E-state index in [1.54, 1.807) is 12.4 Å². The molecule has 0 bridgehead atoms. The van der Waals surface area contributed by atoms with E-state index in [4.69, 9.17) is 4.74 Å². The first-order valence-electron chi connectivity index (χ1n) is 6.86. The lowest BCUT2D eigenvalue weighted by Crippen LogP contribution is -1.98. The Morgan fingerprint density at radius 1 is 0.905 bits per heavy atom. The molecule has 104 valence electrons. The number of ether oxygens (including phenoxy) is 1. The maximum atomic E-state index is 5.90. The van der Waals surface area contributed by atoms with Crippen molar-refractivity contribution in [1.29, 1.82) is 0 Å². The van der Waals surface area contributed by atoms with Gasteiger partial charge in [-0.2, -0.15) is 0 Å². The number of nitrogens with zero attached hydrogens (tertiary/aromatic N) is 2. The van der Waals surface area contributed by atoms with Crippen LogP contribution in [0.25, 0.3) is 11.1 Å². The molecule has 21 heavy (non-hydrogen) atoms. The molecule has 3 heteroatoms. The van der Waals surface area contributed by atoms with Gasteiger partial charge in [0.15, 0.2) is 0 Å². The average Bonchev–Trinajstić information content (AvgIpc) is 2.56. The standard InChI is InChI=1S/C18H16N2O/c1-14-17(16-8-5-9-19-10-16)11-20-12-18(14)21-13-15-6-3-2-4-7-15/h2-12H,13H2,1H3. The molecule has 0 aliphatic rings. The van der Waals surface area contributed by atoms with Crippen LogP contribution < -0.4 is 4.74 Å². The molecule has 0 atom stereocenters. The first kappa shape index (κ1) is 13.3. The lowest BCUT2D eigenvalue weighted by molar-refractivity contribution is 0.303. The number of hydrogen-bond donors (Lipinski definition) is 0. The van der Waals surface area contributed by atoms with E-state index >= 15 is 0 Å². The van der Waals surface area contributed by atoms with Crippen molar-refractivity contribution in [1.82, 2.24) is 9.97 Å². The first-order chi connectivity index (χ1) is 10.3. The summed E-state index contributed by atoms with van der Waals surface area (Å²) in [5.41, 5.74) is 4.32. The van der Waals surface area contributed by atoms with Crippen molar-refractivity contribution in [2.45, 2.75) is 13.5 Å². The fraction of sp³-hybridized carbons (Fsp3) is 0.111. The first-order valence-corrected chi connectivity index (χ1v) is 6.86. The smallest absolute Gasteiger partial charge is 0.141 e. The van der Waals surface area contributed by atoms with Crippen LogP contribution in [0, 0.1) is 6.92 Å². The van der Waals surface area contributed by atoms with Crippen molar-refractivity contribution in [2.24, 2.45) is 0 Å². The number of hydrogen-bond acceptors (Lipinski definition) is 3. The van der Waals surface area contributed by atoms with Gasteiger partial charge in [0.1, 0.15) is 12.4 Å². The molecule has 0 aliphatic carbocycles.